The van der Waals surface area contributed by atoms with Gasteiger partial charge in [0, 0.05) is 17.8 Å². The Morgan fingerprint density at radius 2 is 1.62 bits per heavy atom. The van der Waals surface area contributed by atoms with Gasteiger partial charge in [-0.25, -0.2) is 8.78 Å². The van der Waals surface area contributed by atoms with Crippen LogP contribution in [0, 0.1) is 11.6 Å². The first-order valence-corrected chi connectivity index (χ1v) is 5.87. The average molecular weight is 303 g/mol. The van der Waals surface area contributed by atoms with Gasteiger partial charge in [-0.3, -0.25) is 0 Å². The Morgan fingerprint density at radius 3 is 2.24 bits per heavy atom. The second-order valence-corrected chi connectivity index (χ2v) is 4.16. The molecule has 0 aliphatic heterocycles. The minimum Gasteiger partial charge on any atom is -0.406 e. The highest BCUT2D eigenvalue weighted by atomic mass is 19.4. The van der Waals surface area contributed by atoms with Crippen molar-refractivity contribution in [1.29, 1.82) is 0 Å². The summed E-state index contributed by atoms with van der Waals surface area (Å²) in [6.45, 7) is 0.00304. The minimum absolute atomic E-state index is 0.00304. The monoisotopic (exact) mass is 303 g/mol. The highest BCUT2D eigenvalue weighted by molar-refractivity contribution is 5.46. The fraction of sp³-hybridized carbons (Fsp3) is 0.143. The van der Waals surface area contributed by atoms with Crippen molar-refractivity contribution in [3.63, 3.8) is 0 Å². The smallest absolute Gasteiger partial charge is 0.406 e. The molecular weight excluding hydrogens is 293 g/mol. The lowest BCUT2D eigenvalue weighted by molar-refractivity contribution is -0.274. The van der Waals surface area contributed by atoms with Gasteiger partial charge in [-0.15, -0.1) is 13.2 Å². The fourth-order valence-electron chi connectivity index (χ4n) is 1.65. The van der Waals surface area contributed by atoms with Gasteiger partial charge in [-0.2, -0.15) is 0 Å². The van der Waals surface area contributed by atoms with Crippen molar-refractivity contribution < 1.29 is 26.7 Å². The van der Waals surface area contributed by atoms with E-state index in [-0.39, 0.29) is 17.9 Å². The van der Waals surface area contributed by atoms with Crippen LogP contribution < -0.4 is 10.1 Å². The molecule has 2 aromatic rings. The molecule has 0 fully saturated rings. The lowest BCUT2D eigenvalue weighted by atomic mass is 10.2. The third-order valence-electron chi connectivity index (χ3n) is 2.58. The Morgan fingerprint density at radius 1 is 0.952 bits per heavy atom. The van der Waals surface area contributed by atoms with E-state index in [2.05, 4.69) is 10.1 Å². The van der Waals surface area contributed by atoms with Crippen molar-refractivity contribution in [2.75, 3.05) is 5.32 Å². The van der Waals surface area contributed by atoms with E-state index in [0.717, 1.165) is 30.3 Å². The molecule has 7 heteroatoms. The van der Waals surface area contributed by atoms with Gasteiger partial charge in [0.2, 0.25) is 0 Å². The summed E-state index contributed by atoms with van der Waals surface area (Å²) < 4.78 is 66.0. The van der Waals surface area contributed by atoms with Gasteiger partial charge in [0.25, 0.3) is 0 Å². The van der Waals surface area contributed by atoms with Crippen LogP contribution >= 0.6 is 0 Å². The number of hydrogen-bond acceptors (Lipinski definition) is 2. The number of ether oxygens (including phenoxy) is 1. The molecule has 2 rings (SSSR count). The molecule has 21 heavy (non-hydrogen) atoms. The summed E-state index contributed by atoms with van der Waals surface area (Å²) >= 11 is 0. The summed E-state index contributed by atoms with van der Waals surface area (Å²) in [6, 6.07) is 7.99. The second kappa shape index (κ2) is 5.99. The van der Waals surface area contributed by atoms with Crippen LogP contribution in [0.15, 0.2) is 42.5 Å². The Labute approximate surface area is 117 Å². The summed E-state index contributed by atoms with van der Waals surface area (Å²) in [5.74, 6) is -1.49. The summed E-state index contributed by atoms with van der Waals surface area (Å²) in [4.78, 5) is 0. The van der Waals surface area contributed by atoms with E-state index in [9.17, 15) is 22.0 Å². The number of nitrogens with one attached hydrogen (secondary N) is 1. The molecule has 1 N–H and O–H groups in total. The topological polar surface area (TPSA) is 21.3 Å². The summed E-state index contributed by atoms with van der Waals surface area (Å²) in [7, 11) is 0. The molecule has 0 amide bonds. The molecule has 0 saturated carbocycles. The number of hydrogen-bond donors (Lipinski definition) is 1. The van der Waals surface area contributed by atoms with Crippen LogP contribution in [0.5, 0.6) is 5.75 Å². The zero-order chi connectivity index (χ0) is 15.5. The second-order valence-electron chi connectivity index (χ2n) is 4.16. The summed E-state index contributed by atoms with van der Waals surface area (Å²) in [6.07, 6.45) is -4.75. The molecule has 0 radical (unpaired) electrons. The Kier molecular flexibility index (Phi) is 4.30. The third kappa shape index (κ3) is 4.62. The zero-order valence-electron chi connectivity index (χ0n) is 10.5. The molecule has 0 heterocycles. The first-order valence-electron chi connectivity index (χ1n) is 5.87. The van der Waals surface area contributed by atoms with Crippen molar-refractivity contribution >= 4 is 5.69 Å². The average Bonchev–Trinajstić information content (AvgIpc) is 2.40. The largest absolute Gasteiger partial charge is 0.573 e. The predicted molar refractivity (Wildman–Crippen MR) is 66.8 cm³/mol. The van der Waals surface area contributed by atoms with Crippen molar-refractivity contribution in [3.05, 3.63) is 59.7 Å². The molecule has 112 valence electrons. The fourth-order valence-corrected chi connectivity index (χ4v) is 1.65. The maximum atomic E-state index is 13.4. The lowest BCUT2D eigenvalue weighted by Crippen LogP contribution is -2.17. The van der Waals surface area contributed by atoms with Crippen LogP contribution in [0.25, 0.3) is 0 Å². The van der Waals surface area contributed by atoms with E-state index in [1.165, 1.54) is 12.1 Å². The van der Waals surface area contributed by atoms with E-state index in [0.29, 0.717) is 5.69 Å². The van der Waals surface area contributed by atoms with Crippen LogP contribution in [0.2, 0.25) is 0 Å². The summed E-state index contributed by atoms with van der Waals surface area (Å²) in [5, 5.41) is 2.78. The van der Waals surface area contributed by atoms with Crippen LogP contribution in [0.3, 0.4) is 0 Å². The van der Waals surface area contributed by atoms with Crippen molar-refractivity contribution in [3.8, 4) is 5.75 Å². The molecule has 0 spiro atoms. The SMILES string of the molecule is Fc1ccc(F)c(CNc2ccc(OC(F)(F)F)cc2)c1. The van der Waals surface area contributed by atoms with E-state index >= 15 is 0 Å². The van der Waals surface area contributed by atoms with Crippen molar-refractivity contribution in [1.82, 2.24) is 0 Å². The molecule has 0 saturated heterocycles. The first-order chi connectivity index (χ1) is 9.83. The van der Waals surface area contributed by atoms with Gasteiger partial charge in [-0.1, -0.05) is 0 Å². The zero-order valence-corrected chi connectivity index (χ0v) is 10.5. The highest BCUT2D eigenvalue weighted by Gasteiger charge is 2.30. The third-order valence-corrected chi connectivity index (χ3v) is 2.58. The van der Waals surface area contributed by atoms with E-state index in [1.807, 2.05) is 0 Å². The molecule has 0 aliphatic carbocycles. The number of rotatable bonds is 4. The Bertz CT molecular complexity index is 610. The van der Waals surface area contributed by atoms with Crippen LogP contribution in [-0.2, 0) is 6.54 Å². The van der Waals surface area contributed by atoms with Crippen LogP contribution in [0.4, 0.5) is 27.6 Å². The predicted octanol–water partition coefficient (Wildman–Crippen LogP) is 4.48. The quantitative estimate of drug-likeness (QED) is 0.841. The van der Waals surface area contributed by atoms with Gasteiger partial charge in [0.1, 0.15) is 17.4 Å². The van der Waals surface area contributed by atoms with E-state index in [1.54, 1.807) is 0 Å². The maximum Gasteiger partial charge on any atom is 0.573 e. The van der Waals surface area contributed by atoms with Gasteiger partial charge >= 0.3 is 6.36 Å². The number of halogens is 5. The van der Waals surface area contributed by atoms with Crippen molar-refractivity contribution in [2.45, 2.75) is 12.9 Å². The first kappa shape index (κ1) is 15.1. The minimum atomic E-state index is -4.75. The van der Waals surface area contributed by atoms with Crippen molar-refractivity contribution in [2.24, 2.45) is 0 Å². The highest BCUT2D eigenvalue weighted by Crippen LogP contribution is 2.24. The van der Waals surface area contributed by atoms with Crippen LogP contribution in [-0.4, -0.2) is 6.36 Å². The molecule has 0 bridgehead atoms. The number of anilines is 1. The number of benzene rings is 2. The van der Waals surface area contributed by atoms with E-state index < -0.39 is 18.0 Å². The molecular formula is C14H10F5NO. The molecule has 0 aromatic heterocycles. The van der Waals surface area contributed by atoms with Gasteiger partial charge in [0.15, 0.2) is 0 Å². The molecule has 0 unspecified atom stereocenters. The maximum absolute atomic E-state index is 13.4. The molecule has 2 aromatic carbocycles. The van der Waals surface area contributed by atoms with Gasteiger partial charge < -0.3 is 10.1 Å². The van der Waals surface area contributed by atoms with Gasteiger partial charge in [-0.05, 0) is 42.5 Å². The summed E-state index contributed by atoms with van der Waals surface area (Å²) in [5.41, 5.74) is 0.568. The van der Waals surface area contributed by atoms with E-state index in [4.69, 9.17) is 0 Å². The molecule has 0 atom stereocenters. The normalized spacial score (nSPS) is 11.3. The number of alkyl halides is 3. The molecule has 2 nitrogen and oxygen atoms in total. The Hall–Kier alpha value is -2.31. The Balaban J connectivity index is 1.99. The lowest BCUT2D eigenvalue weighted by Gasteiger charge is -2.11. The standard InChI is InChI=1S/C14H10F5NO/c15-10-1-6-13(16)9(7-10)8-20-11-2-4-12(5-3-11)21-14(17,18)19/h1-7,20H,8H2. The van der Waals surface area contributed by atoms with Gasteiger partial charge in [0.05, 0.1) is 0 Å². The van der Waals surface area contributed by atoms with Crippen LogP contribution in [0.1, 0.15) is 5.56 Å². The molecule has 0 aliphatic rings.